The number of hydrogen-bond acceptors (Lipinski definition) is 4. The number of carbonyl (C=O) groups excluding carboxylic acids is 3. The quantitative estimate of drug-likeness (QED) is 0.593. The number of benzene rings is 2. The van der Waals surface area contributed by atoms with Crippen molar-refractivity contribution in [2.75, 3.05) is 11.1 Å². The van der Waals surface area contributed by atoms with Gasteiger partial charge in [0.1, 0.15) is 0 Å². The Morgan fingerprint density at radius 2 is 1.71 bits per heavy atom. The number of anilines is 2. The molecule has 0 unspecified atom stereocenters. The van der Waals surface area contributed by atoms with Crippen molar-refractivity contribution in [2.45, 2.75) is 20.3 Å². The lowest BCUT2D eigenvalue weighted by molar-refractivity contribution is -0.135. The van der Waals surface area contributed by atoms with E-state index >= 15 is 0 Å². The molecule has 0 heterocycles. The van der Waals surface area contributed by atoms with Crippen LogP contribution in [0.5, 0.6) is 0 Å². The third-order valence-electron chi connectivity index (χ3n) is 3.62. The van der Waals surface area contributed by atoms with Crippen LogP contribution in [-0.2, 0) is 16.0 Å². The highest BCUT2D eigenvalue weighted by Crippen LogP contribution is 2.20. The Labute approximate surface area is 140 Å². The molecule has 0 atom stereocenters. The van der Waals surface area contributed by atoms with Crippen molar-refractivity contribution in [1.29, 1.82) is 0 Å². The lowest BCUT2D eigenvalue weighted by Crippen LogP contribution is -2.39. The summed E-state index contributed by atoms with van der Waals surface area (Å²) in [4.78, 5) is 36.1. The van der Waals surface area contributed by atoms with E-state index in [4.69, 9.17) is 5.73 Å². The van der Waals surface area contributed by atoms with E-state index in [2.05, 4.69) is 5.32 Å². The Morgan fingerprint density at radius 1 is 1.00 bits per heavy atom. The third kappa shape index (κ3) is 3.78. The maximum absolute atomic E-state index is 12.1. The first kappa shape index (κ1) is 17.2. The van der Waals surface area contributed by atoms with Gasteiger partial charge < -0.3 is 11.1 Å². The van der Waals surface area contributed by atoms with Gasteiger partial charge in [0.2, 0.25) is 0 Å². The number of hydrogen-bond donors (Lipinski definition) is 3. The van der Waals surface area contributed by atoms with Crippen molar-refractivity contribution >= 4 is 29.1 Å². The second kappa shape index (κ2) is 7.41. The lowest BCUT2D eigenvalue weighted by atomic mass is 10.1. The smallest absolute Gasteiger partial charge is 0.316 e. The molecule has 2 rings (SSSR count). The normalized spacial score (nSPS) is 10.1. The van der Waals surface area contributed by atoms with Gasteiger partial charge in [0.15, 0.2) is 0 Å². The van der Waals surface area contributed by atoms with E-state index in [1.54, 1.807) is 18.2 Å². The van der Waals surface area contributed by atoms with Crippen LogP contribution in [0.25, 0.3) is 0 Å². The minimum Gasteiger partial charge on any atom is -0.398 e. The fraction of sp³-hybridized carbons (Fsp3) is 0.167. The fourth-order valence-corrected chi connectivity index (χ4v) is 2.30. The molecule has 2 aromatic carbocycles. The van der Waals surface area contributed by atoms with Crippen LogP contribution >= 0.6 is 0 Å². The Hall–Kier alpha value is -3.15. The van der Waals surface area contributed by atoms with Crippen molar-refractivity contribution in [3.63, 3.8) is 0 Å². The zero-order chi connectivity index (χ0) is 17.7. The first-order chi connectivity index (χ1) is 11.4. The van der Waals surface area contributed by atoms with Gasteiger partial charge in [-0.3, -0.25) is 19.7 Å². The molecule has 124 valence electrons. The maximum Gasteiger partial charge on any atom is 0.316 e. The Morgan fingerprint density at radius 3 is 2.38 bits per heavy atom. The van der Waals surface area contributed by atoms with Crippen LogP contribution in [0, 0.1) is 6.92 Å². The van der Waals surface area contributed by atoms with Crippen LogP contribution in [0.15, 0.2) is 42.5 Å². The summed E-state index contributed by atoms with van der Waals surface area (Å²) in [6.45, 7) is 3.79. The molecular formula is C18H19N3O3. The van der Waals surface area contributed by atoms with Crippen LogP contribution in [-0.4, -0.2) is 17.7 Å². The predicted molar refractivity (Wildman–Crippen MR) is 92.5 cm³/mol. The predicted octanol–water partition coefficient (Wildman–Crippen LogP) is 2.03. The molecule has 0 aliphatic heterocycles. The number of nitrogens with one attached hydrogen (secondary N) is 2. The van der Waals surface area contributed by atoms with E-state index < -0.39 is 17.7 Å². The van der Waals surface area contributed by atoms with Crippen LogP contribution in [0.4, 0.5) is 11.4 Å². The van der Waals surface area contributed by atoms with Crippen LogP contribution in [0.1, 0.15) is 28.4 Å². The molecule has 4 N–H and O–H groups in total. The zero-order valence-corrected chi connectivity index (χ0v) is 13.6. The van der Waals surface area contributed by atoms with E-state index in [-0.39, 0.29) is 11.3 Å². The van der Waals surface area contributed by atoms with Crippen LogP contribution in [0.3, 0.4) is 0 Å². The third-order valence-corrected chi connectivity index (χ3v) is 3.62. The fourth-order valence-electron chi connectivity index (χ4n) is 2.30. The highest BCUT2D eigenvalue weighted by atomic mass is 16.2. The molecule has 6 nitrogen and oxygen atoms in total. The molecule has 0 aliphatic carbocycles. The largest absolute Gasteiger partial charge is 0.398 e. The summed E-state index contributed by atoms with van der Waals surface area (Å²) in [7, 11) is 0. The van der Waals surface area contributed by atoms with Gasteiger partial charge in [-0.1, -0.05) is 37.3 Å². The van der Waals surface area contributed by atoms with Crippen LogP contribution in [0.2, 0.25) is 0 Å². The number of amides is 3. The summed E-state index contributed by atoms with van der Waals surface area (Å²) >= 11 is 0. The molecule has 0 saturated carbocycles. The topological polar surface area (TPSA) is 101 Å². The molecular weight excluding hydrogens is 306 g/mol. The first-order valence-corrected chi connectivity index (χ1v) is 7.53. The van der Waals surface area contributed by atoms with E-state index in [0.29, 0.717) is 12.1 Å². The monoisotopic (exact) mass is 325 g/mol. The van der Waals surface area contributed by atoms with Gasteiger partial charge in [0.05, 0.1) is 5.56 Å². The zero-order valence-electron chi connectivity index (χ0n) is 13.6. The van der Waals surface area contributed by atoms with Crippen molar-refractivity contribution in [2.24, 2.45) is 0 Å². The lowest BCUT2D eigenvalue weighted by Gasteiger charge is -2.12. The van der Waals surface area contributed by atoms with Gasteiger partial charge in [0.25, 0.3) is 5.91 Å². The summed E-state index contributed by atoms with van der Waals surface area (Å²) in [6.07, 6.45) is 0.707. The molecule has 24 heavy (non-hydrogen) atoms. The standard InChI is InChI=1S/C18H19N3O3/c1-3-12-8-6-7-11(2)15(12)20-17(23)18(24)21-16(22)13-9-4-5-10-14(13)19/h4-10H,3,19H2,1-2H3,(H,20,23)(H,21,22,24). The van der Waals surface area contributed by atoms with Crippen molar-refractivity contribution in [1.82, 2.24) is 5.32 Å². The van der Waals surface area contributed by atoms with E-state index in [1.807, 2.05) is 37.4 Å². The number of para-hydroxylation sites is 2. The molecule has 3 amide bonds. The second-order valence-electron chi connectivity index (χ2n) is 5.29. The van der Waals surface area contributed by atoms with Gasteiger partial charge in [-0.25, -0.2) is 0 Å². The van der Waals surface area contributed by atoms with E-state index in [9.17, 15) is 14.4 Å². The van der Waals surface area contributed by atoms with Gasteiger partial charge in [0, 0.05) is 11.4 Å². The molecule has 0 saturated heterocycles. The molecule has 0 radical (unpaired) electrons. The number of nitrogens with two attached hydrogens (primary N) is 1. The van der Waals surface area contributed by atoms with E-state index in [0.717, 1.165) is 11.1 Å². The van der Waals surface area contributed by atoms with Gasteiger partial charge in [-0.05, 0) is 36.6 Å². The molecule has 0 aliphatic rings. The number of aryl methyl sites for hydroxylation is 2. The summed E-state index contributed by atoms with van der Waals surface area (Å²) in [5.41, 5.74) is 8.40. The molecule has 0 aromatic heterocycles. The number of nitrogen functional groups attached to an aromatic ring is 1. The summed E-state index contributed by atoms with van der Waals surface area (Å²) in [5.74, 6) is -2.65. The number of rotatable bonds is 3. The Kier molecular flexibility index (Phi) is 5.31. The summed E-state index contributed by atoms with van der Waals surface area (Å²) in [5, 5.41) is 4.61. The van der Waals surface area contributed by atoms with Gasteiger partial charge >= 0.3 is 11.8 Å². The van der Waals surface area contributed by atoms with Gasteiger partial charge in [-0.15, -0.1) is 0 Å². The summed E-state index contributed by atoms with van der Waals surface area (Å²) < 4.78 is 0. The van der Waals surface area contributed by atoms with Crippen LogP contribution < -0.4 is 16.4 Å². The molecule has 0 fully saturated rings. The highest BCUT2D eigenvalue weighted by molar-refractivity contribution is 6.42. The number of carbonyl (C=O) groups is 3. The molecule has 0 spiro atoms. The minimum absolute atomic E-state index is 0.142. The molecule has 2 aromatic rings. The average Bonchev–Trinajstić information content (AvgIpc) is 2.56. The van der Waals surface area contributed by atoms with Gasteiger partial charge in [-0.2, -0.15) is 0 Å². The highest BCUT2D eigenvalue weighted by Gasteiger charge is 2.20. The average molecular weight is 325 g/mol. The van der Waals surface area contributed by atoms with E-state index in [1.165, 1.54) is 6.07 Å². The molecule has 0 bridgehead atoms. The van der Waals surface area contributed by atoms with Crippen molar-refractivity contribution in [3.05, 3.63) is 59.2 Å². The Bertz CT molecular complexity index is 800. The Balaban J connectivity index is 2.10. The summed E-state index contributed by atoms with van der Waals surface area (Å²) in [6, 6.07) is 11.9. The maximum atomic E-state index is 12.1. The molecule has 6 heteroatoms. The van der Waals surface area contributed by atoms with Crippen molar-refractivity contribution < 1.29 is 14.4 Å². The number of imide groups is 1. The first-order valence-electron chi connectivity index (χ1n) is 7.53. The SMILES string of the molecule is CCc1cccc(C)c1NC(=O)C(=O)NC(=O)c1ccccc1N. The minimum atomic E-state index is -1.03. The van der Waals surface area contributed by atoms with Crippen molar-refractivity contribution in [3.8, 4) is 0 Å². The second-order valence-corrected chi connectivity index (χ2v) is 5.29.